The van der Waals surface area contributed by atoms with Crippen LogP contribution in [0.25, 0.3) is 0 Å². The second-order valence-corrected chi connectivity index (χ2v) is 9.89. The molecule has 3 rings (SSSR count). The molecule has 1 N–H and O–H groups in total. The van der Waals surface area contributed by atoms with Crippen molar-refractivity contribution in [2.75, 3.05) is 22.6 Å². The van der Waals surface area contributed by atoms with E-state index in [0.29, 0.717) is 23.9 Å². The van der Waals surface area contributed by atoms with Gasteiger partial charge in [0.05, 0.1) is 28.5 Å². The van der Waals surface area contributed by atoms with Gasteiger partial charge < -0.3 is 9.88 Å². The molecule has 1 amide bonds. The first-order valence-corrected chi connectivity index (χ1v) is 11.7. The Bertz CT molecular complexity index is 1050. The molecule has 1 fully saturated rings. The highest BCUT2D eigenvalue weighted by molar-refractivity contribution is 7.99. The van der Waals surface area contributed by atoms with Gasteiger partial charge in [0.2, 0.25) is 5.91 Å². The molecular formula is C18H19F3N4O3S2. The third-order valence-corrected chi connectivity index (χ3v) is 7.23. The van der Waals surface area contributed by atoms with E-state index in [-0.39, 0.29) is 28.9 Å². The van der Waals surface area contributed by atoms with Gasteiger partial charge in [0.1, 0.15) is 5.82 Å². The number of nitrogens with one attached hydrogen (secondary N) is 1. The summed E-state index contributed by atoms with van der Waals surface area (Å²) in [7, 11) is -3.11. The quantitative estimate of drug-likeness (QED) is 0.504. The van der Waals surface area contributed by atoms with Gasteiger partial charge in [-0.15, -0.1) is 16.8 Å². The summed E-state index contributed by atoms with van der Waals surface area (Å²) >= 11 is 1.01. The van der Waals surface area contributed by atoms with Crippen LogP contribution >= 0.6 is 11.8 Å². The van der Waals surface area contributed by atoms with Crippen LogP contribution in [0.4, 0.5) is 18.9 Å². The Balaban J connectivity index is 1.70. The van der Waals surface area contributed by atoms with E-state index in [1.807, 2.05) is 0 Å². The third kappa shape index (κ3) is 5.22. The number of para-hydroxylation sites is 1. The number of benzene rings is 1. The lowest BCUT2D eigenvalue weighted by atomic mass is 10.1. The molecule has 1 aromatic heterocycles. The van der Waals surface area contributed by atoms with Gasteiger partial charge >= 0.3 is 6.18 Å². The standard InChI is InChI=1S/C18H19F3N4O3S2/c1-2-8-25-16(12-7-9-30(27,28)11-12)23-24-17(25)29-10-15(26)22-14-6-4-3-5-13(14)18(19,20)21/h2-6,12H,1,7-11H2,(H,22,26)/t12-/m0/s1. The number of sulfone groups is 1. The fraction of sp³-hybridized carbons (Fsp3) is 0.389. The van der Waals surface area contributed by atoms with E-state index >= 15 is 0 Å². The van der Waals surface area contributed by atoms with Gasteiger partial charge in [-0.1, -0.05) is 30.0 Å². The predicted molar refractivity (Wildman–Crippen MR) is 107 cm³/mol. The second kappa shape index (κ2) is 8.80. The van der Waals surface area contributed by atoms with E-state index in [0.717, 1.165) is 17.8 Å². The molecule has 2 aromatic rings. The highest BCUT2D eigenvalue weighted by Gasteiger charge is 2.34. The van der Waals surface area contributed by atoms with Crippen LogP contribution < -0.4 is 5.32 Å². The van der Waals surface area contributed by atoms with E-state index in [9.17, 15) is 26.4 Å². The lowest BCUT2D eigenvalue weighted by molar-refractivity contribution is -0.137. The summed E-state index contributed by atoms with van der Waals surface area (Å²) in [6, 6.07) is 4.73. The number of carbonyl (C=O) groups excluding carboxylic acids is 1. The number of anilines is 1. The van der Waals surface area contributed by atoms with Crippen molar-refractivity contribution < 1.29 is 26.4 Å². The third-order valence-electron chi connectivity index (χ3n) is 4.49. The summed E-state index contributed by atoms with van der Waals surface area (Å²) < 4.78 is 64.4. The van der Waals surface area contributed by atoms with Crippen molar-refractivity contribution in [3.63, 3.8) is 0 Å². The van der Waals surface area contributed by atoms with Crippen molar-refractivity contribution in [2.45, 2.75) is 30.2 Å². The maximum atomic E-state index is 13.1. The number of allylic oxidation sites excluding steroid dienone is 1. The normalized spacial score (nSPS) is 18.3. The van der Waals surface area contributed by atoms with Crippen molar-refractivity contribution in [3.05, 3.63) is 48.3 Å². The van der Waals surface area contributed by atoms with E-state index in [4.69, 9.17) is 0 Å². The molecule has 1 atom stereocenters. The summed E-state index contributed by atoms with van der Waals surface area (Å²) in [5, 5.41) is 10.8. The van der Waals surface area contributed by atoms with E-state index < -0.39 is 27.5 Å². The largest absolute Gasteiger partial charge is 0.418 e. The second-order valence-electron chi connectivity index (χ2n) is 6.72. The van der Waals surface area contributed by atoms with E-state index in [2.05, 4.69) is 22.1 Å². The molecule has 12 heteroatoms. The Morgan fingerprint density at radius 3 is 2.70 bits per heavy atom. The number of amides is 1. The van der Waals surface area contributed by atoms with Crippen LogP contribution in [0, 0.1) is 0 Å². The fourth-order valence-corrected chi connectivity index (χ4v) is 5.66. The molecule has 1 saturated heterocycles. The van der Waals surface area contributed by atoms with Crippen LogP contribution in [0.5, 0.6) is 0 Å². The Kier molecular flexibility index (Phi) is 6.56. The zero-order chi connectivity index (χ0) is 21.9. The van der Waals surface area contributed by atoms with E-state index in [1.165, 1.54) is 18.2 Å². The van der Waals surface area contributed by atoms with Crippen molar-refractivity contribution in [2.24, 2.45) is 0 Å². The molecule has 1 aromatic carbocycles. The van der Waals surface area contributed by atoms with Gasteiger partial charge in [-0.05, 0) is 18.6 Å². The van der Waals surface area contributed by atoms with Crippen LogP contribution in [-0.4, -0.2) is 46.3 Å². The molecule has 7 nitrogen and oxygen atoms in total. The lowest BCUT2D eigenvalue weighted by Crippen LogP contribution is -2.18. The minimum absolute atomic E-state index is 0.0122. The summed E-state index contributed by atoms with van der Waals surface area (Å²) in [5.74, 6) is -0.533. The number of carbonyl (C=O) groups is 1. The van der Waals surface area contributed by atoms with Gasteiger partial charge in [-0.3, -0.25) is 4.79 Å². The first kappa shape index (κ1) is 22.3. The molecule has 1 aliphatic heterocycles. The highest BCUT2D eigenvalue weighted by Crippen LogP contribution is 2.35. The first-order valence-electron chi connectivity index (χ1n) is 8.94. The molecular weight excluding hydrogens is 441 g/mol. The minimum atomic E-state index is -4.59. The zero-order valence-corrected chi connectivity index (χ0v) is 17.4. The van der Waals surface area contributed by atoms with Gasteiger partial charge in [0, 0.05) is 12.5 Å². The summed E-state index contributed by atoms with van der Waals surface area (Å²) in [4.78, 5) is 12.2. The average Bonchev–Trinajstić information content (AvgIpc) is 3.22. The SMILES string of the molecule is C=CCn1c(SCC(=O)Nc2ccccc2C(F)(F)F)nnc1[C@H]1CCS(=O)(=O)C1. The molecule has 0 unspecified atom stereocenters. The Hall–Kier alpha value is -2.34. The maximum absolute atomic E-state index is 13.1. The van der Waals surface area contributed by atoms with Crippen LogP contribution in [0.15, 0.2) is 42.1 Å². The minimum Gasteiger partial charge on any atom is -0.325 e. The molecule has 0 radical (unpaired) electrons. The monoisotopic (exact) mass is 460 g/mol. The molecule has 0 bridgehead atoms. The maximum Gasteiger partial charge on any atom is 0.418 e. The Morgan fingerprint density at radius 2 is 2.07 bits per heavy atom. The highest BCUT2D eigenvalue weighted by atomic mass is 32.2. The average molecular weight is 461 g/mol. The zero-order valence-electron chi connectivity index (χ0n) is 15.7. The first-order chi connectivity index (χ1) is 14.1. The lowest BCUT2D eigenvalue weighted by Gasteiger charge is -2.13. The number of thioether (sulfide) groups is 1. The van der Waals surface area contributed by atoms with Crippen LogP contribution in [-0.2, 0) is 27.4 Å². The van der Waals surface area contributed by atoms with Gasteiger partial charge in [-0.2, -0.15) is 13.2 Å². The molecule has 0 saturated carbocycles. The number of nitrogens with zero attached hydrogens (tertiary/aromatic N) is 3. The topological polar surface area (TPSA) is 93.9 Å². The van der Waals surface area contributed by atoms with Crippen molar-refractivity contribution in [1.82, 2.24) is 14.8 Å². The van der Waals surface area contributed by atoms with Gasteiger partial charge in [0.25, 0.3) is 0 Å². The van der Waals surface area contributed by atoms with Crippen molar-refractivity contribution in [3.8, 4) is 0 Å². The molecule has 30 heavy (non-hydrogen) atoms. The number of hydrogen-bond donors (Lipinski definition) is 1. The molecule has 1 aliphatic rings. The molecule has 162 valence electrons. The number of rotatable bonds is 7. The number of aromatic nitrogens is 3. The molecule has 2 heterocycles. The number of alkyl halides is 3. The van der Waals surface area contributed by atoms with Crippen LogP contribution in [0.2, 0.25) is 0 Å². The number of halogens is 3. The van der Waals surface area contributed by atoms with Crippen molar-refractivity contribution >= 4 is 33.2 Å². The molecule has 0 spiro atoms. The number of hydrogen-bond acceptors (Lipinski definition) is 6. The van der Waals surface area contributed by atoms with Gasteiger partial charge in [0.15, 0.2) is 15.0 Å². The van der Waals surface area contributed by atoms with Crippen LogP contribution in [0.1, 0.15) is 23.7 Å². The van der Waals surface area contributed by atoms with Gasteiger partial charge in [-0.25, -0.2) is 8.42 Å². The smallest absolute Gasteiger partial charge is 0.325 e. The summed E-state index contributed by atoms with van der Waals surface area (Å²) in [6.45, 7) is 3.99. The van der Waals surface area contributed by atoms with E-state index in [1.54, 1.807) is 10.6 Å². The summed E-state index contributed by atoms with van der Waals surface area (Å²) in [5.41, 5.74) is -1.25. The Labute approximate surface area is 175 Å². The fourth-order valence-electron chi connectivity index (χ4n) is 3.16. The summed E-state index contributed by atoms with van der Waals surface area (Å²) in [6.07, 6.45) is -2.55. The Morgan fingerprint density at radius 1 is 1.33 bits per heavy atom. The molecule has 0 aliphatic carbocycles. The predicted octanol–water partition coefficient (Wildman–Crippen LogP) is 3.12. The van der Waals surface area contributed by atoms with Crippen molar-refractivity contribution in [1.29, 1.82) is 0 Å². The van der Waals surface area contributed by atoms with Crippen LogP contribution in [0.3, 0.4) is 0 Å².